The molecule has 0 aliphatic carbocycles. The Balaban J connectivity index is 1.20. The highest BCUT2D eigenvalue weighted by molar-refractivity contribution is 7.99. The Labute approximate surface area is 209 Å². The van der Waals surface area contributed by atoms with E-state index < -0.39 is 0 Å². The van der Waals surface area contributed by atoms with E-state index in [2.05, 4.69) is 20.3 Å². The molecule has 1 N–H and O–H groups in total. The summed E-state index contributed by atoms with van der Waals surface area (Å²) < 4.78 is 11.4. The lowest BCUT2D eigenvalue weighted by molar-refractivity contribution is -0.130. The molecule has 0 saturated carbocycles. The molecule has 8 nitrogen and oxygen atoms in total. The van der Waals surface area contributed by atoms with E-state index in [4.69, 9.17) is 20.4 Å². The number of benzene rings is 2. The highest BCUT2D eigenvalue weighted by atomic mass is 35.5. The number of para-hydroxylation sites is 1. The van der Waals surface area contributed by atoms with Crippen molar-refractivity contribution in [3.05, 3.63) is 89.5 Å². The van der Waals surface area contributed by atoms with Gasteiger partial charge in [0.2, 0.25) is 0 Å². The first kappa shape index (κ1) is 21.7. The quantitative estimate of drug-likeness (QED) is 0.288. The van der Waals surface area contributed by atoms with Crippen molar-refractivity contribution < 1.29 is 13.6 Å². The maximum atomic E-state index is 13.2. The molecule has 6 rings (SSSR count). The molecule has 0 fully saturated rings. The molecule has 5 aromatic rings. The van der Waals surface area contributed by atoms with Gasteiger partial charge in [0.05, 0.1) is 23.3 Å². The highest BCUT2D eigenvalue weighted by Crippen LogP contribution is 2.35. The first-order chi connectivity index (χ1) is 17.2. The lowest BCUT2D eigenvalue weighted by atomic mass is 10.0. The molecule has 0 saturated heterocycles. The molecule has 3 aromatic heterocycles. The molecule has 0 bridgehead atoms. The van der Waals surface area contributed by atoms with Crippen LogP contribution in [0.25, 0.3) is 22.4 Å². The van der Waals surface area contributed by atoms with Gasteiger partial charge in [-0.1, -0.05) is 53.7 Å². The average molecular weight is 504 g/mol. The van der Waals surface area contributed by atoms with Gasteiger partial charge in [0.1, 0.15) is 11.8 Å². The van der Waals surface area contributed by atoms with Gasteiger partial charge in [-0.05, 0) is 35.9 Å². The summed E-state index contributed by atoms with van der Waals surface area (Å²) in [5.74, 6) is 0.974. The number of amides is 1. The third-order valence-electron chi connectivity index (χ3n) is 5.76. The minimum Gasteiger partial charge on any atom is -0.467 e. The van der Waals surface area contributed by atoms with Crippen molar-refractivity contribution in [3.8, 4) is 11.5 Å². The number of rotatable bonds is 6. The molecule has 1 amide bonds. The first-order valence-electron chi connectivity index (χ1n) is 10.9. The van der Waals surface area contributed by atoms with E-state index in [-0.39, 0.29) is 17.7 Å². The van der Waals surface area contributed by atoms with Crippen LogP contribution in [0.15, 0.2) is 92.3 Å². The van der Waals surface area contributed by atoms with Crippen molar-refractivity contribution in [1.82, 2.24) is 20.2 Å². The van der Waals surface area contributed by atoms with Crippen LogP contribution in [0.5, 0.6) is 0 Å². The summed E-state index contributed by atoms with van der Waals surface area (Å²) in [7, 11) is 0. The number of aromatic amines is 1. The Bertz CT molecular complexity index is 1520. The molecule has 174 valence electrons. The van der Waals surface area contributed by atoms with Crippen molar-refractivity contribution >= 4 is 45.9 Å². The second-order valence-electron chi connectivity index (χ2n) is 7.94. The second-order valence-corrected chi connectivity index (χ2v) is 9.30. The predicted molar refractivity (Wildman–Crippen MR) is 133 cm³/mol. The Morgan fingerprint density at radius 1 is 1.11 bits per heavy atom. The number of hydrogen-bond donors (Lipinski definition) is 1. The maximum absolute atomic E-state index is 13.2. The fourth-order valence-electron chi connectivity index (χ4n) is 4.07. The molecule has 2 aromatic carbocycles. The summed E-state index contributed by atoms with van der Waals surface area (Å²) in [6.07, 6.45) is 3.97. The summed E-state index contributed by atoms with van der Waals surface area (Å²) in [6.45, 7) is 0. The standard InChI is InChI=1S/C25H18ClN5O3S/c26-16-9-7-15(8-10-16)20-12-21(22-6-3-11-33-22)31(30-20)23(32)14-35-25-29-28-24(34-25)18-13-27-19-5-2-1-4-17(18)19/h1-11,13,21,27H,12,14H2/t21-/m1/s1. The van der Waals surface area contributed by atoms with Crippen LogP contribution in [0.1, 0.15) is 23.8 Å². The molecular formula is C25H18ClN5O3S. The Morgan fingerprint density at radius 3 is 2.80 bits per heavy atom. The van der Waals surface area contributed by atoms with Crippen LogP contribution in [0.2, 0.25) is 5.02 Å². The zero-order chi connectivity index (χ0) is 23.8. The zero-order valence-corrected chi connectivity index (χ0v) is 19.8. The van der Waals surface area contributed by atoms with Gasteiger partial charge in [0.25, 0.3) is 17.0 Å². The lowest BCUT2D eigenvalue weighted by Gasteiger charge is -2.19. The molecule has 4 heterocycles. The van der Waals surface area contributed by atoms with Gasteiger partial charge < -0.3 is 13.8 Å². The highest BCUT2D eigenvalue weighted by Gasteiger charge is 2.35. The molecule has 1 aliphatic heterocycles. The molecule has 0 radical (unpaired) electrons. The van der Waals surface area contributed by atoms with E-state index in [0.717, 1.165) is 27.7 Å². The number of hydrogen-bond acceptors (Lipinski definition) is 7. The van der Waals surface area contributed by atoms with Gasteiger partial charge >= 0.3 is 0 Å². The molecule has 0 spiro atoms. The van der Waals surface area contributed by atoms with Crippen LogP contribution < -0.4 is 0 Å². The van der Waals surface area contributed by atoms with Crippen LogP contribution in [0.3, 0.4) is 0 Å². The minimum atomic E-state index is -0.326. The number of aromatic nitrogens is 3. The van der Waals surface area contributed by atoms with Crippen molar-refractivity contribution in [2.24, 2.45) is 5.10 Å². The Morgan fingerprint density at radius 2 is 1.97 bits per heavy atom. The summed E-state index contributed by atoms with van der Waals surface area (Å²) in [6, 6.07) is 18.6. The molecule has 1 aliphatic rings. The monoisotopic (exact) mass is 503 g/mol. The minimum absolute atomic E-state index is 0.0874. The third-order valence-corrected chi connectivity index (χ3v) is 6.82. The van der Waals surface area contributed by atoms with Gasteiger partial charge in [-0.15, -0.1) is 10.2 Å². The van der Waals surface area contributed by atoms with Crippen LogP contribution >= 0.6 is 23.4 Å². The van der Waals surface area contributed by atoms with Crippen LogP contribution in [-0.4, -0.2) is 37.6 Å². The number of H-pyrrole nitrogens is 1. The van der Waals surface area contributed by atoms with E-state index in [9.17, 15) is 4.79 Å². The van der Waals surface area contributed by atoms with Gasteiger partial charge in [0, 0.05) is 28.5 Å². The van der Waals surface area contributed by atoms with Gasteiger partial charge in [0.15, 0.2) is 0 Å². The molecule has 10 heteroatoms. The van der Waals surface area contributed by atoms with Crippen molar-refractivity contribution in [2.75, 3.05) is 5.75 Å². The first-order valence-corrected chi connectivity index (χ1v) is 12.2. The van der Waals surface area contributed by atoms with Crippen LogP contribution in [0.4, 0.5) is 0 Å². The van der Waals surface area contributed by atoms with Gasteiger partial charge in [-0.3, -0.25) is 4.79 Å². The Kier molecular flexibility index (Phi) is 5.63. The fraction of sp³-hybridized carbons (Fsp3) is 0.120. The summed E-state index contributed by atoms with van der Waals surface area (Å²) in [5, 5.41) is 16.3. The van der Waals surface area contributed by atoms with Crippen molar-refractivity contribution in [2.45, 2.75) is 17.7 Å². The SMILES string of the molecule is O=C(CSc1nnc(-c2c[nH]c3ccccc23)o1)N1N=C(c2ccc(Cl)cc2)C[C@@H]1c1ccco1. The number of carbonyl (C=O) groups is 1. The number of thioether (sulfide) groups is 1. The molecular weight excluding hydrogens is 486 g/mol. The molecule has 1 atom stereocenters. The van der Waals surface area contributed by atoms with E-state index in [1.807, 2.05) is 60.8 Å². The van der Waals surface area contributed by atoms with Crippen molar-refractivity contribution in [3.63, 3.8) is 0 Å². The number of nitrogens with zero attached hydrogens (tertiary/aromatic N) is 4. The van der Waals surface area contributed by atoms with E-state index in [1.54, 1.807) is 12.3 Å². The van der Waals surface area contributed by atoms with Crippen LogP contribution in [0, 0.1) is 0 Å². The van der Waals surface area contributed by atoms with E-state index in [1.165, 1.54) is 16.8 Å². The number of fused-ring (bicyclic) bond motifs is 1. The Hall–Kier alpha value is -3.82. The second kappa shape index (κ2) is 9.09. The van der Waals surface area contributed by atoms with E-state index in [0.29, 0.717) is 28.3 Å². The smallest absolute Gasteiger partial charge is 0.277 e. The maximum Gasteiger partial charge on any atom is 0.277 e. The molecule has 35 heavy (non-hydrogen) atoms. The number of hydrazone groups is 1. The van der Waals surface area contributed by atoms with Gasteiger partial charge in [-0.25, -0.2) is 5.01 Å². The zero-order valence-electron chi connectivity index (χ0n) is 18.2. The van der Waals surface area contributed by atoms with Crippen molar-refractivity contribution in [1.29, 1.82) is 0 Å². The normalized spacial score (nSPS) is 15.6. The van der Waals surface area contributed by atoms with Crippen LogP contribution in [-0.2, 0) is 4.79 Å². The number of carbonyl (C=O) groups excluding carboxylic acids is 1. The largest absolute Gasteiger partial charge is 0.467 e. The fourth-order valence-corrected chi connectivity index (χ4v) is 4.82. The summed E-state index contributed by atoms with van der Waals surface area (Å²) in [4.78, 5) is 16.4. The van der Waals surface area contributed by atoms with E-state index >= 15 is 0 Å². The van der Waals surface area contributed by atoms with Gasteiger partial charge in [-0.2, -0.15) is 5.10 Å². The number of halogens is 1. The number of furan rings is 1. The number of nitrogens with one attached hydrogen (secondary N) is 1. The third kappa shape index (κ3) is 4.24. The summed E-state index contributed by atoms with van der Waals surface area (Å²) in [5.41, 5.74) is 3.51. The lowest BCUT2D eigenvalue weighted by Crippen LogP contribution is -2.28. The summed E-state index contributed by atoms with van der Waals surface area (Å²) >= 11 is 7.20. The molecule has 0 unspecified atom stereocenters. The topological polar surface area (TPSA) is 101 Å². The predicted octanol–water partition coefficient (Wildman–Crippen LogP) is 5.93. The average Bonchev–Trinajstić information content (AvgIpc) is 3.68.